The van der Waals surface area contributed by atoms with Gasteiger partial charge in [0, 0.05) is 23.0 Å². The second-order valence-corrected chi connectivity index (χ2v) is 12.1. The first-order chi connectivity index (χ1) is 20.4. The summed E-state index contributed by atoms with van der Waals surface area (Å²) in [5.41, 5.74) is 11.1. The minimum absolute atomic E-state index is 0.0876. The lowest BCUT2D eigenvalue weighted by molar-refractivity contribution is -0.138. The van der Waals surface area contributed by atoms with Crippen molar-refractivity contribution in [1.29, 1.82) is 0 Å². The second kappa shape index (κ2) is 13.4. The van der Waals surface area contributed by atoms with Crippen LogP contribution in [0.1, 0.15) is 55.5 Å². The van der Waals surface area contributed by atoms with E-state index in [2.05, 4.69) is 81.9 Å². The summed E-state index contributed by atoms with van der Waals surface area (Å²) < 4.78 is 0. The van der Waals surface area contributed by atoms with Crippen LogP contribution < -0.4 is 11.1 Å². The Morgan fingerprint density at radius 2 is 1.45 bits per heavy atom. The van der Waals surface area contributed by atoms with Gasteiger partial charge in [0.1, 0.15) is 11.6 Å². The third-order valence-electron chi connectivity index (χ3n) is 8.92. The minimum atomic E-state index is -0.784. The Kier molecular flexibility index (Phi) is 9.43. The molecule has 0 saturated heterocycles. The number of amides is 2. The molecule has 0 bridgehead atoms. The summed E-state index contributed by atoms with van der Waals surface area (Å²) in [7, 11) is 0. The monoisotopic (exact) mass is 564 g/mol. The van der Waals surface area contributed by atoms with Crippen molar-refractivity contribution in [2.45, 2.75) is 70.4 Å². The molecule has 42 heavy (non-hydrogen) atoms. The number of benzene rings is 3. The summed E-state index contributed by atoms with van der Waals surface area (Å²) in [6.07, 6.45) is 5.82. The average Bonchev–Trinajstić information content (AvgIpc) is 3.37. The number of carbonyl (C=O) groups excluding carboxylic acids is 2. The topological polar surface area (TPSA) is 91.2 Å². The van der Waals surface area contributed by atoms with E-state index in [-0.39, 0.29) is 11.8 Å². The number of aromatic amines is 1. The molecule has 4 aromatic rings. The molecule has 0 radical (unpaired) electrons. The fourth-order valence-electron chi connectivity index (χ4n) is 6.61. The highest BCUT2D eigenvalue weighted by atomic mass is 16.2. The van der Waals surface area contributed by atoms with E-state index in [9.17, 15) is 9.59 Å². The molecule has 2 amide bonds. The number of nitrogens with one attached hydrogen (secondary N) is 2. The van der Waals surface area contributed by atoms with Gasteiger partial charge in [0.15, 0.2) is 0 Å². The maximum Gasteiger partial charge on any atom is 0.241 e. The average molecular weight is 565 g/mol. The van der Waals surface area contributed by atoms with Crippen LogP contribution in [0.15, 0.2) is 84.9 Å². The molecular weight excluding hydrogens is 520 g/mol. The first-order valence-corrected chi connectivity index (χ1v) is 15.4. The Hall–Kier alpha value is -3.90. The van der Waals surface area contributed by atoms with Crippen LogP contribution >= 0.6 is 0 Å². The normalized spacial score (nSPS) is 17.3. The Morgan fingerprint density at radius 1 is 0.881 bits per heavy atom. The molecule has 0 saturated carbocycles. The van der Waals surface area contributed by atoms with Crippen molar-refractivity contribution in [3.63, 3.8) is 0 Å². The molecular formula is C36H44N4O2. The number of primary amides is 1. The molecule has 4 N–H and O–H groups in total. The zero-order chi connectivity index (χ0) is 29.5. The van der Waals surface area contributed by atoms with Crippen LogP contribution in [0.2, 0.25) is 0 Å². The number of para-hydroxylation sites is 1. The van der Waals surface area contributed by atoms with E-state index in [1.807, 2.05) is 32.0 Å². The largest absolute Gasteiger partial charge is 0.368 e. The van der Waals surface area contributed by atoms with Gasteiger partial charge < -0.3 is 16.0 Å². The van der Waals surface area contributed by atoms with Crippen LogP contribution in [-0.4, -0.2) is 46.4 Å². The summed E-state index contributed by atoms with van der Waals surface area (Å²) >= 11 is 0. The van der Waals surface area contributed by atoms with E-state index in [0.29, 0.717) is 12.8 Å². The van der Waals surface area contributed by atoms with E-state index in [1.54, 1.807) is 0 Å². The number of rotatable bonds is 13. The molecule has 2 atom stereocenters. The van der Waals surface area contributed by atoms with E-state index >= 15 is 0 Å². The molecule has 0 fully saturated rings. The number of nitrogens with zero attached hydrogens (tertiary/aromatic N) is 1. The summed E-state index contributed by atoms with van der Waals surface area (Å²) in [5.74, 6) is -0.674. The standard InChI is InChI=1S/C36H44N4O2/c1-26(2)33(34(37)41)39-35(42)36(22-21-32-30(25-36)29-19-9-10-20-31(29)38-32)40(23-11-17-27-13-5-3-6-14-27)24-12-18-28-15-7-4-8-16-28/h3-10,13-16,19-20,26,33,38H,11-12,17-18,21-25H2,1-2H3,(H2,37,41)(H,39,42)/t33-,36+/m0/s1. The van der Waals surface area contributed by atoms with Crippen LogP contribution in [0.3, 0.4) is 0 Å². The Balaban J connectivity index is 1.48. The SMILES string of the molecule is CC(C)[C@H](NC(=O)[C@@]1(N(CCCc2ccccc2)CCCc2ccccc2)CCc2[nH]c3ccccc3c2C1)C(N)=O. The number of carbonyl (C=O) groups is 2. The number of aromatic nitrogens is 1. The van der Waals surface area contributed by atoms with Gasteiger partial charge in [-0.3, -0.25) is 14.5 Å². The Morgan fingerprint density at radius 3 is 2.02 bits per heavy atom. The van der Waals surface area contributed by atoms with Gasteiger partial charge in [-0.15, -0.1) is 0 Å². The fraction of sp³-hybridized carbons (Fsp3) is 0.389. The molecule has 6 heteroatoms. The van der Waals surface area contributed by atoms with Crippen LogP contribution in [0.25, 0.3) is 10.9 Å². The summed E-state index contributed by atoms with van der Waals surface area (Å²) in [5, 5.41) is 4.30. The van der Waals surface area contributed by atoms with Crippen LogP contribution in [0.5, 0.6) is 0 Å². The molecule has 0 unspecified atom stereocenters. The van der Waals surface area contributed by atoms with Crippen LogP contribution in [0.4, 0.5) is 0 Å². The smallest absolute Gasteiger partial charge is 0.241 e. The lowest BCUT2D eigenvalue weighted by Gasteiger charge is -2.46. The molecule has 220 valence electrons. The Labute approximate surface area is 249 Å². The molecule has 0 aliphatic heterocycles. The molecule has 1 aromatic heterocycles. The predicted octanol–water partition coefficient (Wildman–Crippen LogP) is 5.59. The number of hydrogen-bond donors (Lipinski definition) is 3. The van der Waals surface area contributed by atoms with E-state index in [4.69, 9.17) is 5.73 Å². The van der Waals surface area contributed by atoms with Crippen LogP contribution in [-0.2, 0) is 35.3 Å². The number of aryl methyl sites for hydroxylation is 3. The number of nitrogens with two attached hydrogens (primary N) is 1. The van der Waals surface area contributed by atoms with Gasteiger partial charge in [0.25, 0.3) is 0 Å². The molecule has 6 nitrogen and oxygen atoms in total. The van der Waals surface area contributed by atoms with Crippen molar-refractivity contribution in [3.8, 4) is 0 Å². The van der Waals surface area contributed by atoms with Crippen molar-refractivity contribution in [2.75, 3.05) is 13.1 Å². The lowest BCUT2D eigenvalue weighted by atomic mass is 9.76. The summed E-state index contributed by atoms with van der Waals surface area (Å²) in [6.45, 7) is 5.44. The van der Waals surface area contributed by atoms with Gasteiger partial charge in [-0.1, -0.05) is 92.7 Å². The van der Waals surface area contributed by atoms with Crippen molar-refractivity contribution in [2.24, 2.45) is 11.7 Å². The molecule has 1 aliphatic rings. The van der Waals surface area contributed by atoms with Gasteiger partial charge in [0.2, 0.25) is 11.8 Å². The second-order valence-electron chi connectivity index (χ2n) is 12.1. The minimum Gasteiger partial charge on any atom is -0.368 e. The van der Waals surface area contributed by atoms with Gasteiger partial charge >= 0.3 is 0 Å². The van der Waals surface area contributed by atoms with E-state index in [0.717, 1.165) is 50.7 Å². The number of H-pyrrole nitrogens is 1. The molecule has 1 aliphatic carbocycles. The maximum atomic E-state index is 14.5. The maximum absolute atomic E-state index is 14.5. The fourth-order valence-corrected chi connectivity index (χ4v) is 6.61. The summed E-state index contributed by atoms with van der Waals surface area (Å²) in [4.78, 5) is 33.0. The highest BCUT2D eigenvalue weighted by Gasteiger charge is 2.47. The molecule has 5 rings (SSSR count). The quantitative estimate of drug-likeness (QED) is 0.198. The first-order valence-electron chi connectivity index (χ1n) is 15.4. The third kappa shape index (κ3) is 6.60. The molecule has 0 spiro atoms. The lowest BCUT2D eigenvalue weighted by Crippen LogP contribution is -2.65. The van der Waals surface area contributed by atoms with Crippen molar-refractivity contribution in [3.05, 3.63) is 107 Å². The number of hydrogen-bond acceptors (Lipinski definition) is 3. The Bertz CT molecular complexity index is 1430. The highest BCUT2D eigenvalue weighted by Crippen LogP contribution is 2.38. The summed E-state index contributed by atoms with van der Waals surface area (Å²) in [6, 6.07) is 28.7. The number of fused-ring (bicyclic) bond motifs is 3. The van der Waals surface area contributed by atoms with Gasteiger partial charge in [0.05, 0.1) is 0 Å². The molecule has 3 aromatic carbocycles. The molecule has 1 heterocycles. The zero-order valence-corrected chi connectivity index (χ0v) is 24.9. The van der Waals surface area contributed by atoms with Crippen molar-refractivity contribution < 1.29 is 9.59 Å². The zero-order valence-electron chi connectivity index (χ0n) is 24.9. The third-order valence-corrected chi connectivity index (χ3v) is 8.92. The van der Waals surface area contributed by atoms with Gasteiger partial charge in [-0.25, -0.2) is 0 Å². The van der Waals surface area contributed by atoms with E-state index < -0.39 is 17.5 Å². The van der Waals surface area contributed by atoms with Crippen LogP contribution in [0, 0.1) is 5.92 Å². The highest BCUT2D eigenvalue weighted by molar-refractivity contribution is 5.94. The van der Waals surface area contributed by atoms with Crippen molar-refractivity contribution >= 4 is 22.7 Å². The van der Waals surface area contributed by atoms with Gasteiger partial charge in [-0.05, 0) is 80.3 Å². The van der Waals surface area contributed by atoms with E-state index in [1.165, 1.54) is 27.8 Å². The van der Waals surface area contributed by atoms with Crippen molar-refractivity contribution in [1.82, 2.24) is 15.2 Å². The predicted molar refractivity (Wildman–Crippen MR) is 170 cm³/mol. The first kappa shape index (κ1) is 29.6. The van der Waals surface area contributed by atoms with Gasteiger partial charge in [-0.2, -0.15) is 0 Å².